The van der Waals surface area contributed by atoms with Crippen molar-refractivity contribution in [3.05, 3.63) is 44.6 Å². The maximum atomic E-state index is 13.4. The normalized spacial score (nSPS) is 10.5. The van der Waals surface area contributed by atoms with Crippen LogP contribution in [0, 0.1) is 5.82 Å². The zero-order valence-electron chi connectivity index (χ0n) is 11.2. The van der Waals surface area contributed by atoms with E-state index >= 15 is 0 Å². The minimum absolute atomic E-state index is 0.0756. The Hall–Kier alpha value is -1.37. The Morgan fingerprint density at radius 3 is 2.81 bits per heavy atom. The van der Waals surface area contributed by atoms with E-state index in [0.717, 1.165) is 16.9 Å². The van der Waals surface area contributed by atoms with Gasteiger partial charge in [0.15, 0.2) is 15.2 Å². The van der Waals surface area contributed by atoms with Crippen LogP contribution in [0.25, 0.3) is 0 Å². The highest BCUT2D eigenvalue weighted by Gasteiger charge is 2.19. The lowest BCUT2D eigenvalue weighted by Crippen LogP contribution is -2.16. The van der Waals surface area contributed by atoms with Gasteiger partial charge < -0.3 is 9.64 Å². The van der Waals surface area contributed by atoms with E-state index in [2.05, 4.69) is 9.72 Å². The van der Waals surface area contributed by atoms with Gasteiger partial charge in [-0.15, -0.1) is 0 Å². The molecule has 0 spiro atoms. The first kappa shape index (κ1) is 16.0. The van der Waals surface area contributed by atoms with Crippen molar-refractivity contribution < 1.29 is 13.9 Å². The summed E-state index contributed by atoms with van der Waals surface area (Å²) in [5.41, 5.74) is 0.727. The molecule has 0 bridgehead atoms. The van der Waals surface area contributed by atoms with E-state index in [1.165, 1.54) is 19.2 Å². The molecule has 0 saturated heterocycles. The summed E-state index contributed by atoms with van der Waals surface area (Å²) in [6, 6.07) is 4.57. The number of hydrogen-bond acceptors (Lipinski definition) is 5. The first-order chi connectivity index (χ1) is 9.92. The van der Waals surface area contributed by atoms with Gasteiger partial charge in [0.25, 0.3) is 0 Å². The van der Waals surface area contributed by atoms with Gasteiger partial charge in [-0.05, 0) is 17.7 Å². The minimum atomic E-state index is -0.533. The van der Waals surface area contributed by atoms with Gasteiger partial charge in [-0.2, -0.15) is 0 Å². The third-order valence-corrected chi connectivity index (χ3v) is 4.52. The number of ether oxygens (including phenoxy) is 1. The van der Waals surface area contributed by atoms with Crippen LogP contribution in [0.2, 0.25) is 10.2 Å². The molecule has 0 amide bonds. The van der Waals surface area contributed by atoms with Crippen LogP contribution in [0.1, 0.15) is 15.2 Å². The van der Waals surface area contributed by atoms with Crippen LogP contribution in [0.3, 0.4) is 0 Å². The Balaban J connectivity index is 2.18. The van der Waals surface area contributed by atoms with E-state index in [4.69, 9.17) is 23.2 Å². The van der Waals surface area contributed by atoms with Crippen molar-refractivity contribution in [2.75, 3.05) is 19.1 Å². The highest BCUT2D eigenvalue weighted by Crippen LogP contribution is 2.30. The number of nitrogens with zero attached hydrogens (tertiary/aromatic N) is 2. The summed E-state index contributed by atoms with van der Waals surface area (Å²) in [6.07, 6.45) is 0. The Labute approximate surface area is 135 Å². The fraction of sp³-hybridized carbons (Fsp3) is 0.231. The second kappa shape index (κ2) is 6.60. The topological polar surface area (TPSA) is 42.4 Å². The molecule has 112 valence electrons. The number of methoxy groups -OCH3 is 1. The van der Waals surface area contributed by atoms with Gasteiger partial charge in [0.2, 0.25) is 0 Å². The maximum absolute atomic E-state index is 13.4. The van der Waals surface area contributed by atoms with Crippen molar-refractivity contribution in [3.8, 4) is 0 Å². The fourth-order valence-electron chi connectivity index (χ4n) is 1.65. The van der Waals surface area contributed by atoms with Crippen LogP contribution in [0.15, 0.2) is 18.2 Å². The van der Waals surface area contributed by atoms with Crippen molar-refractivity contribution in [1.29, 1.82) is 0 Å². The van der Waals surface area contributed by atoms with Crippen molar-refractivity contribution in [3.63, 3.8) is 0 Å². The van der Waals surface area contributed by atoms with E-state index in [9.17, 15) is 9.18 Å². The summed E-state index contributed by atoms with van der Waals surface area (Å²) in [7, 11) is 3.04. The number of rotatable bonds is 4. The molecule has 0 radical (unpaired) electrons. The first-order valence-electron chi connectivity index (χ1n) is 5.82. The molecular weight excluding hydrogens is 338 g/mol. The van der Waals surface area contributed by atoms with Crippen LogP contribution < -0.4 is 4.90 Å². The van der Waals surface area contributed by atoms with Crippen LogP contribution in [0.5, 0.6) is 0 Å². The standard InChI is InChI=1S/C13H11Cl2FN2O2S/c1-18(6-7-3-4-8(14)9(16)5-7)13-17-11(15)10(21-13)12(19)20-2/h3-5H,6H2,1-2H3. The summed E-state index contributed by atoms with van der Waals surface area (Å²) < 4.78 is 18.0. The Morgan fingerprint density at radius 2 is 2.19 bits per heavy atom. The summed E-state index contributed by atoms with van der Waals surface area (Å²) in [4.78, 5) is 17.6. The number of hydrogen-bond donors (Lipinski definition) is 0. The average Bonchev–Trinajstić information content (AvgIpc) is 2.84. The summed E-state index contributed by atoms with van der Waals surface area (Å²) >= 11 is 12.7. The molecule has 4 nitrogen and oxygen atoms in total. The van der Waals surface area contributed by atoms with Crippen molar-refractivity contribution >= 4 is 45.6 Å². The van der Waals surface area contributed by atoms with Gasteiger partial charge in [0.1, 0.15) is 5.82 Å². The number of aromatic nitrogens is 1. The molecule has 8 heteroatoms. The molecule has 2 rings (SSSR count). The fourth-order valence-corrected chi connectivity index (χ4v) is 2.93. The molecule has 1 heterocycles. The average molecular weight is 349 g/mol. The van der Waals surface area contributed by atoms with Gasteiger partial charge >= 0.3 is 5.97 Å². The Kier molecular flexibility index (Phi) is 5.03. The van der Waals surface area contributed by atoms with Gasteiger partial charge in [-0.1, -0.05) is 40.6 Å². The van der Waals surface area contributed by atoms with E-state index in [0.29, 0.717) is 11.7 Å². The zero-order valence-corrected chi connectivity index (χ0v) is 13.5. The number of halogens is 3. The predicted octanol–water partition coefficient (Wildman–Crippen LogP) is 4.01. The molecule has 0 saturated carbocycles. The number of benzene rings is 1. The summed E-state index contributed by atoms with van der Waals surface area (Å²) in [6.45, 7) is 0.401. The molecule has 2 aromatic rings. The molecule has 0 fully saturated rings. The lowest BCUT2D eigenvalue weighted by atomic mass is 10.2. The lowest BCUT2D eigenvalue weighted by Gasteiger charge is -2.15. The van der Waals surface area contributed by atoms with E-state index in [-0.39, 0.29) is 15.1 Å². The maximum Gasteiger partial charge on any atom is 0.351 e. The number of anilines is 1. The molecule has 1 aromatic heterocycles. The number of carbonyl (C=O) groups excluding carboxylic acids is 1. The van der Waals surface area contributed by atoms with Crippen LogP contribution in [0.4, 0.5) is 9.52 Å². The SMILES string of the molecule is COC(=O)c1sc(N(C)Cc2ccc(Cl)c(F)c2)nc1Cl. The third kappa shape index (κ3) is 3.64. The highest BCUT2D eigenvalue weighted by atomic mass is 35.5. The van der Waals surface area contributed by atoms with E-state index in [1.54, 1.807) is 18.0 Å². The van der Waals surface area contributed by atoms with Gasteiger partial charge in [-0.25, -0.2) is 14.2 Å². The third-order valence-electron chi connectivity index (χ3n) is 2.68. The number of carbonyl (C=O) groups is 1. The molecule has 0 N–H and O–H groups in total. The van der Waals surface area contributed by atoms with Gasteiger partial charge in [0, 0.05) is 13.6 Å². The highest BCUT2D eigenvalue weighted by molar-refractivity contribution is 7.18. The second-order valence-corrected chi connectivity index (χ2v) is 5.96. The van der Waals surface area contributed by atoms with Crippen molar-refractivity contribution in [2.45, 2.75) is 6.54 Å². The van der Waals surface area contributed by atoms with Crippen LogP contribution in [-0.4, -0.2) is 25.1 Å². The molecule has 21 heavy (non-hydrogen) atoms. The van der Waals surface area contributed by atoms with Crippen molar-refractivity contribution in [2.24, 2.45) is 0 Å². The first-order valence-corrected chi connectivity index (χ1v) is 7.39. The lowest BCUT2D eigenvalue weighted by molar-refractivity contribution is 0.0606. The smallest absolute Gasteiger partial charge is 0.351 e. The molecule has 0 unspecified atom stereocenters. The predicted molar refractivity (Wildman–Crippen MR) is 82.0 cm³/mol. The Morgan fingerprint density at radius 1 is 1.48 bits per heavy atom. The summed E-state index contributed by atoms with van der Waals surface area (Å²) in [5, 5.41) is 0.707. The van der Waals surface area contributed by atoms with Crippen LogP contribution >= 0.6 is 34.5 Å². The zero-order chi connectivity index (χ0) is 15.6. The van der Waals surface area contributed by atoms with Gasteiger partial charge in [-0.3, -0.25) is 0 Å². The molecule has 0 aliphatic carbocycles. The van der Waals surface area contributed by atoms with Crippen LogP contribution in [-0.2, 0) is 11.3 Å². The molecule has 0 aliphatic heterocycles. The van der Waals surface area contributed by atoms with E-state index in [1.807, 2.05) is 0 Å². The number of thiazole rings is 1. The number of esters is 1. The molecule has 1 aromatic carbocycles. The monoisotopic (exact) mass is 348 g/mol. The molecule has 0 aliphatic rings. The molecule has 0 atom stereocenters. The van der Waals surface area contributed by atoms with Crippen molar-refractivity contribution in [1.82, 2.24) is 4.98 Å². The minimum Gasteiger partial charge on any atom is -0.465 e. The largest absolute Gasteiger partial charge is 0.465 e. The quantitative estimate of drug-likeness (QED) is 0.782. The molecular formula is C13H11Cl2FN2O2S. The second-order valence-electron chi connectivity index (χ2n) is 4.21. The Bertz CT molecular complexity index is 678. The summed E-state index contributed by atoms with van der Waals surface area (Å²) in [5.74, 6) is -1.01. The van der Waals surface area contributed by atoms with E-state index < -0.39 is 11.8 Å². The van der Waals surface area contributed by atoms with Gasteiger partial charge in [0.05, 0.1) is 12.1 Å².